The van der Waals surface area contributed by atoms with E-state index in [1.54, 1.807) is 0 Å². The zero-order valence-electron chi connectivity index (χ0n) is 7.19. The van der Waals surface area contributed by atoms with Crippen molar-refractivity contribution in [3.05, 3.63) is 0 Å². The first-order valence-corrected chi connectivity index (χ1v) is 4.12. The van der Waals surface area contributed by atoms with Gasteiger partial charge in [0, 0.05) is 6.54 Å². The number of rotatable bonds is 2. The van der Waals surface area contributed by atoms with Gasteiger partial charge in [0.2, 0.25) is 5.91 Å². The van der Waals surface area contributed by atoms with Gasteiger partial charge in [-0.1, -0.05) is 5.92 Å². The van der Waals surface area contributed by atoms with Gasteiger partial charge < -0.3 is 10.0 Å². The molecular formula is C9H11NO3. The van der Waals surface area contributed by atoms with Crippen LogP contribution in [0.25, 0.3) is 0 Å². The highest BCUT2D eigenvalue weighted by Gasteiger charge is 2.33. The SMILES string of the molecule is C#CCC(=O)N1CCCC1C(=O)O. The smallest absolute Gasteiger partial charge is 0.326 e. The lowest BCUT2D eigenvalue weighted by Gasteiger charge is -2.19. The van der Waals surface area contributed by atoms with Crippen molar-refractivity contribution in [1.82, 2.24) is 4.90 Å². The molecule has 0 aromatic heterocycles. The number of hydrogen-bond acceptors (Lipinski definition) is 2. The van der Waals surface area contributed by atoms with Crippen molar-refractivity contribution in [3.63, 3.8) is 0 Å². The van der Waals surface area contributed by atoms with Crippen molar-refractivity contribution >= 4 is 11.9 Å². The van der Waals surface area contributed by atoms with Crippen molar-refractivity contribution in [2.45, 2.75) is 25.3 Å². The number of nitrogens with zero attached hydrogens (tertiary/aromatic N) is 1. The maximum Gasteiger partial charge on any atom is 0.326 e. The van der Waals surface area contributed by atoms with Gasteiger partial charge in [0.1, 0.15) is 6.04 Å². The summed E-state index contributed by atoms with van der Waals surface area (Å²) in [5.74, 6) is 1.02. The summed E-state index contributed by atoms with van der Waals surface area (Å²) in [6.07, 6.45) is 6.24. The Morgan fingerprint density at radius 1 is 1.62 bits per heavy atom. The van der Waals surface area contributed by atoms with E-state index in [2.05, 4.69) is 5.92 Å². The molecule has 1 aliphatic rings. The molecule has 1 rings (SSSR count). The molecule has 0 aliphatic carbocycles. The van der Waals surface area contributed by atoms with Crippen LogP contribution in [0.4, 0.5) is 0 Å². The highest BCUT2D eigenvalue weighted by molar-refractivity contribution is 5.85. The van der Waals surface area contributed by atoms with Crippen molar-refractivity contribution in [3.8, 4) is 12.3 Å². The highest BCUT2D eigenvalue weighted by atomic mass is 16.4. The van der Waals surface area contributed by atoms with E-state index >= 15 is 0 Å². The zero-order valence-corrected chi connectivity index (χ0v) is 7.19. The van der Waals surface area contributed by atoms with E-state index in [9.17, 15) is 9.59 Å². The third-order valence-electron chi connectivity index (χ3n) is 2.11. The van der Waals surface area contributed by atoms with Crippen LogP contribution in [0.2, 0.25) is 0 Å². The number of carboxylic acid groups (broad SMARTS) is 1. The molecule has 1 fully saturated rings. The molecule has 1 unspecified atom stereocenters. The van der Waals surface area contributed by atoms with Crippen molar-refractivity contribution in [2.24, 2.45) is 0 Å². The van der Waals surface area contributed by atoms with Gasteiger partial charge in [0.15, 0.2) is 0 Å². The average molecular weight is 181 g/mol. The van der Waals surface area contributed by atoms with Gasteiger partial charge in [0.05, 0.1) is 6.42 Å². The Bertz CT molecular complexity index is 267. The van der Waals surface area contributed by atoms with E-state index < -0.39 is 12.0 Å². The van der Waals surface area contributed by atoms with E-state index in [1.165, 1.54) is 4.90 Å². The summed E-state index contributed by atoms with van der Waals surface area (Å²) >= 11 is 0. The molecule has 1 atom stereocenters. The Balaban J connectivity index is 2.64. The van der Waals surface area contributed by atoms with Crippen LogP contribution < -0.4 is 0 Å². The van der Waals surface area contributed by atoms with E-state index in [4.69, 9.17) is 11.5 Å². The Kier molecular flexibility index (Phi) is 2.91. The molecule has 0 radical (unpaired) electrons. The molecule has 1 N–H and O–H groups in total. The highest BCUT2D eigenvalue weighted by Crippen LogP contribution is 2.17. The largest absolute Gasteiger partial charge is 0.480 e. The number of carbonyl (C=O) groups excluding carboxylic acids is 1. The standard InChI is InChI=1S/C9H11NO3/c1-2-4-8(11)10-6-3-5-7(10)9(12)13/h1,7H,3-6H2,(H,12,13). The molecule has 1 saturated heterocycles. The molecule has 1 amide bonds. The Morgan fingerprint density at radius 3 is 2.85 bits per heavy atom. The minimum atomic E-state index is -0.942. The van der Waals surface area contributed by atoms with Crippen LogP contribution in [0.1, 0.15) is 19.3 Å². The molecule has 70 valence electrons. The number of hydrogen-bond donors (Lipinski definition) is 1. The molecule has 13 heavy (non-hydrogen) atoms. The quantitative estimate of drug-likeness (QED) is 0.614. The van der Waals surface area contributed by atoms with Crippen molar-refractivity contribution in [1.29, 1.82) is 0 Å². The topological polar surface area (TPSA) is 57.6 Å². The Labute approximate surface area is 76.5 Å². The van der Waals surface area contributed by atoms with Crippen LogP contribution in [0, 0.1) is 12.3 Å². The van der Waals surface area contributed by atoms with Crippen molar-refractivity contribution < 1.29 is 14.7 Å². The molecule has 0 bridgehead atoms. The van der Waals surface area contributed by atoms with Crippen molar-refractivity contribution in [2.75, 3.05) is 6.54 Å². The first-order valence-electron chi connectivity index (χ1n) is 4.12. The summed E-state index contributed by atoms with van der Waals surface area (Å²) in [6.45, 7) is 0.511. The third-order valence-corrected chi connectivity index (χ3v) is 2.11. The van der Waals surface area contributed by atoms with Gasteiger partial charge in [-0.15, -0.1) is 6.42 Å². The summed E-state index contributed by atoms with van der Waals surface area (Å²) in [6, 6.07) is -0.666. The lowest BCUT2D eigenvalue weighted by molar-refractivity contribution is -0.147. The van der Waals surface area contributed by atoms with E-state index in [0.29, 0.717) is 13.0 Å². The maximum absolute atomic E-state index is 11.3. The maximum atomic E-state index is 11.3. The first-order chi connectivity index (χ1) is 6.16. The summed E-state index contributed by atoms with van der Waals surface area (Å²) in [5, 5.41) is 8.76. The fourth-order valence-electron chi connectivity index (χ4n) is 1.51. The number of carboxylic acids is 1. The second kappa shape index (κ2) is 3.94. The van der Waals surface area contributed by atoms with Crippen LogP contribution in [-0.4, -0.2) is 34.5 Å². The number of amides is 1. The van der Waals surface area contributed by atoms with E-state index in [0.717, 1.165) is 6.42 Å². The fourth-order valence-corrected chi connectivity index (χ4v) is 1.51. The summed E-state index contributed by atoms with van der Waals surface area (Å²) in [5.41, 5.74) is 0. The van der Waals surface area contributed by atoms with E-state index in [-0.39, 0.29) is 12.3 Å². The van der Waals surface area contributed by atoms with Crippen LogP contribution in [-0.2, 0) is 9.59 Å². The fraction of sp³-hybridized carbons (Fsp3) is 0.556. The normalized spacial score (nSPS) is 21.2. The Hall–Kier alpha value is -1.50. The molecule has 1 aliphatic heterocycles. The molecule has 4 nitrogen and oxygen atoms in total. The van der Waals surface area contributed by atoms with Gasteiger partial charge in [-0.25, -0.2) is 4.79 Å². The summed E-state index contributed by atoms with van der Waals surface area (Å²) in [7, 11) is 0. The third kappa shape index (κ3) is 2.00. The summed E-state index contributed by atoms with van der Waals surface area (Å²) < 4.78 is 0. The van der Waals surface area contributed by atoms with Gasteiger partial charge in [0.25, 0.3) is 0 Å². The van der Waals surface area contributed by atoms with Gasteiger partial charge in [-0.3, -0.25) is 4.79 Å². The average Bonchev–Trinajstić information content (AvgIpc) is 2.52. The lowest BCUT2D eigenvalue weighted by Crippen LogP contribution is -2.40. The monoisotopic (exact) mass is 181 g/mol. The first kappa shape index (κ1) is 9.59. The molecular weight excluding hydrogens is 170 g/mol. The van der Waals surface area contributed by atoms with Gasteiger partial charge in [-0.2, -0.15) is 0 Å². The molecule has 1 heterocycles. The number of likely N-dealkylation sites (tertiary alicyclic amines) is 1. The predicted octanol–water partition coefficient (Wildman–Crippen LogP) is 0.0853. The minimum Gasteiger partial charge on any atom is -0.480 e. The second-order valence-corrected chi connectivity index (χ2v) is 2.96. The van der Waals surface area contributed by atoms with Crippen LogP contribution >= 0.6 is 0 Å². The van der Waals surface area contributed by atoms with E-state index in [1.807, 2.05) is 0 Å². The number of aliphatic carboxylic acids is 1. The molecule has 0 aromatic rings. The molecule has 0 spiro atoms. The molecule has 4 heteroatoms. The van der Waals surface area contributed by atoms with Gasteiger partial charge in [-0.05, 0) is 12.8 Å². The van der Waals surface area contributed by atoms with Crippen LogP contribution in [0.15, 0.2) is 0 Å². The number of carbonyl (C=O) groups is 2. The molecule has 0 aromatic carbocycles. The lowest BCUT2D eigenvalue weighted by atomic mass is 10.2. The van der Waals surface area contributed by atoms with Crippen LogP contribution in [0.5, 0.6) is 0 Å². The molecule has 0 saturated carbocycles. The summed E-state index contributed by atoms with van der Waals surface area (Å²) in [4.78, 5) is 23.3. The second-order valence-electron chi connectivity index (χ2n) is 2.96. The number of terminal acetylenes is 1. The Morgan fingerprint density at radius 2 is 2.31 bits per heavy atom. The zero-order chi connectivity index (χ0) is 9.84. The van der Waals surface area contributed by atoms with Crippen LogP contribution in [0.3, 0.4) is 0 Å². The minimum absolute atomic E-state index is 0.0101. The van der Waals surface area contributed by atoms with Gasteiger partial charge >= 0.3 is 5.97 Å². The predicted molar refractivity (Wildman–Crippen MR) is 45.8 cm³/mol.